The Morgan fingerprint density at radius 3 is 1.18 bits per heavy atom. The van der Waals surface area contributed by atoms with Crippen molar-refractivity contribution < 1.29 is 0 Å². The van der Waals surface area contributed by atoms with Gasteiger partial charge in [-0.2, -0.15) is 0 Å². The van der Waals surface area contributed by atoms with E-state index in [-0.39, 0.29) is 5.41 Å². The molecule has 0 bridgehead atoms. The first-order chi connectivity index (χ1) is 24.2. The number of hydrogen-bond acceptors (Lipinski definition) is 0. The van der Waals surface area contributed by atoms with Gasteiger partial charge in [-0.1, -0.05) is 161 Å². The molecule has 8 aromatic carbocycles. The fourth-order valence-electron chi connectivity index (χ4n) is 9.04. The van der Waals surface area contributed by atoms with Crippen molar-refractivity contribution in [1.82, 2.24) is 0 Å². The molecule has 0 spiro atoms. The van der Waals surface area contributed by atoms with E-state index in [4.69, 9.17) is 0 Å². The predicted octanol–water partition coefficient (Wildman–Crippen LogP) is 14.3. The predicted molar refractivity (Wildman–Crippen MR) is 213 cm³/mol. The summed E-state index contributed by atoms with van der Waals surface area (Å²) in [5.74, 6) is 0. The lowest BCUT2D eigenvalue weighted by atomic mass is 9.70. The summed E-state index contributed by atoms with van der Waals surface area (Å²) in [6.45, 7) is 4.69. The Morgan fingerprint density at radius 2 is 0.755 bits per heavy atom. The van der Waals surface area contributed by atoms with Gasteiger partial charge in [0, 0.05) is 5.41 Å². The number of benzene rings is 8. The monoisotopic (exact) mass is 630 g/mol. The van der Waals surface area contributed by atoms with E-state index < -0.39 is 0 Å². The highest BCUT2D eigenvalue weighted by molar-refractivity contribution is 6.15. The molecule has 1 aliphatic carbocycles. The van der Waals surface area contributed by atoms with Gasteiger partial charge in [0.1, 0.15) is 0 Å². The summed E-state index contributed by atoms with van der Waals surface area (Å²) >= 11 is 0. The number of hydrogen-bond donors (Lipinski definition) is 0. The largest absolute Gasteiger partial charge is 0.0654 e. The standard InChI is InChI=1S/C49H42/c1-3-5-27-49(28-6-4-2)47-31-35(45-29-33-15-7-9-17-37(33)39-19-11-13-21-41(39)45)23-25-43(47)44-26-24-36(32-48(44)49)46-30-34-16-8-10-18-38(34)40-20-12-14-22-42(40)46/h7-26,29-32H,3-6,27-28H2,1-2H3. The molecule has 238 valence electrons. The van der Waals surface area contributed by atoms with Crippen LogP contribution in [-0.4, -0.2) is 0 Å². The summed E-state index contributed by atoms with van der Waals surface area (Å²) in [6.07, 6.45) is 7.18. The van der Waals surface area contributed by atoms with E-state index in [0.717, 1.165) is 0 Å². The molecular formula is C49H42. The first kappa shape index (κ1) is 29.9. The maximum atomic E-state index is 2.59. The van der Waals surface area contributed by atoms with Gasteiger partial charge in [-0.05, 0) is 125 Å². The van der Waals surface area contributed by atoms with Crippen LogP contribution in [0.5, 0.6) is 0 Å². The molecule has 1 aliphatic rings. The number of rotatable bonds is 8. The average Bonchev–Trinajstić information content (AvgIpc) is 3.43. The molecule has 0 heterocycles. The Bertz CT molecular complexity index is 2350. The molecule has 0 aliphatic heterocycles. The highest BCUT2D eigenvalue weighted by atomic mass is 14.5. The van der Waals surface area contributed by atoms with Crippen LogP contribution in [0.25, 0.3) is 76.5 Å². The third-order valence-corrected chi connectivity index (χ3v) is 11.4. The van der Waals surface area contributed by atoms with Crippen LogP contribution < -0.4 is 0 Å². The van der Waals surface area contributed by atoms with Gasteiger partial charge in [0.25, 0.3) is 0 Å². The smallest absolute Gasteiger partial charge is 0.0215 e. The van der Waals surface area contributed by atoms with E-state index in [2.05, 4.69) is 159 Å². The van der Waals surface area contributed by atoms with Gasteiger partial charge < -0.3 is 0 Å². The summed E-state index contributed by atoms with van der Waals surface area (Å²) in [6, 6.07) is 55.3. The first-order valence-corrected chi connectivity index (χ1v) is 18.3. The SMILES string of the molecule is CCCCC1(CCCC)c2cc(-c3cc4ccccc4c4ccccc34)ccc2-c2ccc(-c3cc4ccccc4c4ccccc34)cc21. The van der Waals surface area contributed by atoms with E-state index in [0.29, 0.717) is 0 Å². The molecule has 0 saturated heterocycles. The minimum Gasteiger partial charge on any atom is -0.0654 e. The number of unbranched alkanes of at least 4 members (excludes halogenated alkanes) is 2. The van der Waals surface area contributed by atoms with Crippen molar-refractivity contribution in [3.8, 4) is 33.4 Å². The Morgan fingerprint density at radius 1 is 0.367 bits per heavy atom. The first-order valence-electron chi connectivity index (χ1n) is 18.3. The van der Waals surface area contributed by atoms with Crippen molar-refractivity contribution >= 4 is 43.1 Å². The lowest BCUT2D eigenvalue weighted by molar-refractivity contribution is 0.414. The third-order valence-electron chi connectivity index (χ3n) is 11.4. The second-order valence-corrected chi connectivity index (χ2v) is 14.2. The summed E-state index contributed by atoms with van der Waals surface area (Å²) in [5, 5.41) is 10.6. The van der Waals surface area contributed by atoms with Crippen LogP contribution in [0.4, 0.5) is 0 Å². The fourth-order valence-corrected chi connectivity index (χ4v) is 9.04. The maximum absolute atomic E-state index is 2.59. The minimum atomic E-state index is -0.0119. The Kier molecular flexibility index (Phi) is 7.35. The quantitative estimate of drug-likeness (QED) is 0.147. The Labute approximate surface area is 290 Å². The van der Waals surface area contributed by atoms with Crippen LogP contribution in [0.15, 0.2) is 146 Å². The van der Waals surface area contributed by atoms with Gasteiger partial charge in [0.15, 0.2) is 0 Å². The fraction of sp³-hybridized carbons (Fsp3) is 0.184. The second kappa shape index (κ2) is 12.0. The summed E-state index contributed by atoms with van der Waals surface area (Å²) < 4.78 is 0. The normalized spacial score (nSPS) is 13.3. The summed E-state index contributed by atoms with van der Waals surface area (Å²) in [7, 11) is 0. The van der Waals surface area contributed by atoms with E-state index in [1.807, 2.05) is 0 Å². The van der Waals surface area contributed by atoms with E-state index in [9.17, 15) is 0 Å². The molecule has 0 amide bonds. The van der Waals surface area contributed by atoms with Gasteiger partial charge in [-0.15, -0.1) is 0 Å². The third kappa shape index (κ3) is 4.72. The lowest BCUT2D eigenvalue weighted by Gasteiger charge is -2.33. The number of fused-ring (bicyclic) bond motifs is 9. The topological polar surface area (TPSA) is 0 Å². The van der Waals surface area contributed by atoms with Crippen molar-refractivity contribution in [1.29, 1.82) is 0 Å². The summed E-state index contributed by atoms with van der Waals surface area (Å²) in [4.78, 5) is 0. The van der Waals surface area contributed by atoms with Crippen LogP contribution in [-0.2, 0) is 5.41 Å². The molecule has 0 atom stereocenters. The second-order valence-electron chi connectivity index (χ2n) is 14.2. The Balaban J connectivity index is 1.27. The van der Waals surface area contributed by atoms with Crippen molar-refractivity contribution in [3.63, 3.8) is 0 Å². The molecule has 49 heavy (non-hydrogen) atoms. The van der Waals surface area contributed by atoms with Crippen molar-refractivity contribution in [2.45, 2.75) is 57.8 Å². The Hall–Kier alpha value is -5.20. The molecule has 8 aromatic rings. The van der Waals surface area contributed by atoms with Crippen LogP contribution in [0.1, 0.15) is 63.5 Å². The van der Waals surface area contributed by atoms with E-state index in [1.54, 1.807) is 0 Å². The van der Waals surface area contributed by atoms with Crippen LogP contribution in [0.3, 0.4) is 0 Å². The lowest BCUT2D eigenvalue weighted by Crippen LogP contribution is -2.25. The minimum absolute atomic E-state index is 0.0119. The summed E-state index contributed by atoms with van der Waals surface area (Å²) in [5.41, 5.74) is 11.2. The van der Waals surface area contributed by atoms with Crippen LogP contribution >= 0.6 is 0 Å². The molecule has 0 heteroatoms. The van der Waals surface area contributed by atoms with Crippen molar-refractivity contribution in [3.05, 3.63) is 157 Å². The molecule has 0 N–H and O–H groups in total. The van der Waals surface area contributed by atoms with E-state index >= 15 is 0 Å². The molecule has 0 fully saturated rings. The average molecular weight is 631 g/mol. The maximum Gasteiger partial charge on any atom is 0.0215 e. The van der Waals surface area contributed by atoms with Crippen molar-refractivity contribution in [2.75, 3.05) is 0 Å². The zero-order chi connectivity index (χ0) is 33.0. The van der Waals surface area contributed by atoms with Gasteiger partial charge >= 0.3 is 0 Å². The molecule has 0 radical (unpaired) electrons. The van der Waals surface area contributed by atoms with Crippen LogP contribution in [0, 0.1) is 0 Å². The van der Waals surface area contributed by atoms with Gasteiger partial charge in [0.05, 0.1) is 0 Å². The van der Waals surface area contributed by atoms with Gasteiger partial charge in [0.2, 0.25) is 0 Å². The highest BCUT2D eigenvalue weighted by Gasteiger charge is 2.42. The zero-order valence-corrected chi connectivity index (χ0v) is 28.6. The van der Waals surface area contributed by atoms with E-state index in [1.165, 1.54) is 126 Å². The molecule has 0 saturated carbocycles. The molecular weight excluding hydrogens is 589 g/mol. The van der Waals surface area contributed by atoms with Crippen molar-refractivity contribution in [2.24, 2.45) is 0 Å². The van der Waals surface area contributed by atoms with Crippen LogP contribution in [0.2, 0.25) is 0 Å². The highest BCUT2D eigenvalue weighted by Crippen LogP contribution is 2.56. The molecule has 9 rings (SSSR count). The molecule has 0 nitrogen and oxygen atoms in total. The van der Waals surface area contributed by atoms with Gasteiger partial charge in [-0.25, -0.2) is 0 Å². The zero-order valence-electron chi connectivity index (χ0n) is 28.6. The van der Waals surface area contributed by atoms with Gasteiger partial charge in [-0.3, -0.25) is 0 Å². The molecule has 0 unspecified atom stereocenters. The molecule has 0 aromatic heterocycles.